The number of carbonyl (C=O) groups is 2. The molecule has 0 bridgehead atoms. The topological polar surface area (TPSA) is 67.9 Å². The Labute approximate surface area is 155 Å². The number of hydrogen-bond donors (Lipinski definition) is 1. The number of rotatable bonds is 6. The average Bonchev–Trinajstić information content (AvgIpc) is 2.63. The van der Waals surface area contributed by atoms with Crippen molar-refractivity contribution in [3.63, 3.8) is 0 Å². The van der Waals surface area contributed by atoms with Gasteiger partial charge in [0.25, 0.3) is 11.8 Å². The third-order valence-corrected chi connectivity index (χ3v) is 3.67. The highest BCUT2D eigenvalue weighted by molar-refractivity contribution is 6.00. The molecule has 0 saturated heterocycles. The highest BCUT2D eigenvalue weighted by Gasteiger charge is 2.19. The van der Waals surface area contributed by atoms with Gasteiger partial charge in [0.15, 0.2) is 17.7 Å². The monoisotopic (exact) mass is 378 g/mol. The van der Waals surface area contributed by atoms with Gasteiger partial charge in [-0.15, -0.1) is 0 Å². The van der Waals surface area contributed by atoms with E-state index in [0.717, 1.165) is 12.1 Å². The SMILES string of the molecule is COc1ccc(NC(=O)C(C)Oc2ccc(F)cc2F)cc1C(=O)N(C)C. The molecule has 8 heteroatoms. The molecule has 0 spiro atoms. The van der Waals surface area contributed by atoms with Gasteiger partial charge in [0.05, 0.1) is 12.7 Å². The first-order valence-electron chi connectivity index (χ1n) is 8.05. The Morgan fingerprint density at radius 3 is 2.33 bits per heavy atom. The molecule has 1 atom stereocenters. The summed E-state index contributed by atoms with van der Waals surface area (Å²) in [5, 5.41) is 2.59. The molecule has 2 aromatic carbocycles. The molecule has 0 aliphatic heterocycles. The van der Waals surface area contributed by atoms with Crippen LogP contribution in [0.2, 0.25) is 0 Å². The standard InChI is InChI=1S/C19H20F2N2O4/c1-11(27-17-7-5-12(20)9-15(17)21)18(24)22-13-6-8-16(26-4)14(10-13)19(25)23(2)3/h5-11H,1-4H3,(H,22,24). The van der Waals surface area contributed by atoms with Crippen molar-refractivity contribution >= 4 is 17.5 Å². The van der Waals surface area contributed by atoms with Crippen LogP contribution in [0.3, 0.4) is 0 Å². The van der Waals surface area contributed by atoms with E-state index in [1.54, 1.807) is 26.2 Å². The molecule has 6 nitrogen and oxygen atoms in total. The minimum atomic E-state index is -1.06. The van der Waals surface area contributed by atoms with Crippen LogP contribution >= 0.6 is 0 Å². The predicted octanol–water partition coefficient (Wildman–Crippen LogP) is 3.08. The minimum Gasteiger partial charge on any atom is -0.496 e. The third kappa shape index (κ3) is 4.93. The highest BCUT2D eigenvalue weighted by atomic mass is 19.1. The number of carbonyl (C=O) groups excluding carboxylic acids is 2. The zero-order valence-electron chi connectivity index (χ0n) is 15.4. The Kier molecular flexibility index (Phi) is 6.33. The quantitative estimate of drug-likeness (QED) is 0.839. The van der Waals surface area contributed by atoms with Crippen molar-refractivity contribution in [3.05, 3.63) is 53.6 Å². The summed E-state index contributed by atoms with van der Waals surface area (Å²) >= 11 is 0. The lowest BCUT2D eigenvalue weighted by Gasteiger charge is -2.17. The van der Waals surface area contributed by atoms with Gasteiger partial charge in [-0.1, -0.05) is 0 Å². The van der Waals surface area contributed by atoms with Crippen LogP contribution in [0.1, 0.15) is 17.3 Å². The maximum atomic E-state index is 13.6. The average molecular weight is 378 g/mol. The van der Waals surface area contributed by atoms with Crippen LogP contribution in [-0.2, 0) is 4.79 Å². The van der Waals surface area contributed by atoms with Crippen molar-refractivity contribution < 1.29 is 27.8 Å². The van der Waals surface area contributed by atoms with Crippen LogP contribution in [0.25, 0.3) is 0 Å². The first-order chi connectivity index (χ1) is 12.7. The molecular weight excluding hydrogens is 358 g/mol. The molecule has 0 fully saturated rings. The van der Waals surface area contributed by atoms with Crippen molar-refractivity contribution in [2.75, 3.05) is 26.5 Å². The van der Waals surface area contributed by atoms with Crippen LogP contribution in [0.4, 0.5) is 14.5 Å². The summed E-state index contributed by atoms with van der Waals surface area (Å²) in [7, 11) is 4.63. The molecule has 2 amide bonds. The number of hydrogen-bond acceptors (Lipinski definition) is 4. The van der Waals surface area contributed by atoms with Gasteiger partial charge in [-0.3, -0.25) is 9.59 Å². The fraction of sp³-hybridized carbons (Fsp3) is 0.263. The zero-order valence-corrected chi connectivity index (χ0v) is 15.4. The number of ether oxygens (including phenoxy) is 2. The number of amides is 2. The first kappa shape index (κ1) is 20.2. The fourth-order valence-electron chi connectivity index (χ4n) is 2.25. The summed E-state index contributed by atoms with van der Waals surface area (Å²) < 4.78 is 37.0. The van der Waals surface area contributed by atoms with Crippen molar-refractivity contribution in [2.24, 2.45) is 0 Å². The van der Waals surface area contributed by atoms with Gasteiger partial charge in [0.2, 0.25) is 0 Å². The van der Waals surface area contributed by atoms with Crippen LogP contribution in [0, 0.1) is 11.6 Å². The Morgan fingerprint density at radius 1 is 1.07 bits per heavy atom. The Bertz CT molecular complexity index is 856. The molecule has 144 valence electrons. The van der Waals surface area contributed by atoms with E-state index in [2.05, 4.69) is 5.32 Å². The van der Waals surface area contributed by atoms with E-state index in [9.17, 15) is 18.4 Å². The zero-order chi connectivity index (χ0) is 20.1. The number of nitrogens with zero attached hydrogens (tertiary/aromatic N) is 1. The molecule has 0 radical (unpaired) electrons. The highest BCUT2D eigenvalue weighted by Crippen LogP contribution is 2.24. The van der Waals surface area contributed by atoms with Gasteiger partial charge in [0, 0.05) is 25.8 Å². The maximum Gasteiger partial charge on any atom is 0.265 e. The molecule has 1 N–H and O–H groups in total. The molecule has 0 heterocycles. The minimum absolute atomic E-state index is 0.239. The molecule has 2 aromatic rings. The molecule has 2 rings (SSSR count). The number of benzene rings is 2. The number of nitrogens with one attached hydrogen (secondary N) is 1. The number of anilines is 1. The van der Waals surface area contributed by atoms with Crippen molar-refractivity contribution in [3.8, 4) is 11.5 Å². The van der Waals surface area contributed by atoms with Crippen molar-refractivity contribution in [1.82, 2.24) is 4.90 Å². The lowest BCUT2D eigenvalue weighted by Crippen LogP contribution is -2.30. The van der Waals surface area contributed by atoms with Crippen LogP contribution < -0.4 is 14.8 Å². The summed E-state index contributed by atoms with van der Waals surface area (Å²) in [5.74, 6) is -2.37. The summed E-state index contributed by atoms with van der Waals surface area (Å²) in [6.45, 7) is 1.42. The van der Waals surface area contributed by atoms with E-state index in [1.807, 2.05) is 0 Å². The largest absolute Gasteiger partial charge is 0.496 e. The molecular formula is C19H20F2N2O4. The van der Waals surface area contributed by atoms with Gasteiger partial charge in [0.1, 0.15) is 11.6 Å². The number of methoxy groups -OCH3 is 1. The predicted molar refractivity (Wildman–Crippen MR) is 96.1 cm³/mol. The molecule has 27 heavy (non-hydrogen) atoms. The molecule has 0 aromatic heterocycles. The Balaban J connectivity index is 2.14. The lowest BCUT2D eigenvalue weighted by molar-refractivity contribution is -0.122. The molecule has 0 aliphatic rings. The summed E-state index contributed by atoms with van der Waals surface area (Å²) in [6.07, 6.45) is -1.06. The van der Waals surface area contributed by atoms with E-state index < -0.39 is 23.6 Å². The van der Waals surface area contributed by atoms with E-state index in [-0.39, 0.29) is 17.2 Å². The van der Waals surface area contributed by atoms with E-state index in [0.29, 0.717) is 17.5 Å². The van der Waals surface area contributed by atoms with Crippen LogP contribution in [0.15, 0.2) is 36.4 Å². The Hall–Kier alpha value is -3.16. The van der Waals surface area contributed by atoms with Crippen LogP contribution in [-0.4, -0.2) is 44.0 Å². The normalized spacial score (nSPS) is 11.5. The second-order valence-corrected chi connectivity index (χ2v) is 5.94. The van der Waals surface area contributed by atoms with Gasteiger partial charge < -0.3 is 19.7 Å². The fourth-order valence-corrected chi connectivity index (χ4v) is 2.25. The van der Waals surface area contributed by atoms with Gasteiger partial charge in [-0.2, -0.15) is 0 Å². The van der Waals surface area contributed by atoms with Gasteiger partial charge in [-0.25, -0.2) is 8.78 Å². The van der Waals surface area contributed by atoms with Crippen molar-refractivity contribution in [1.29, 1.82) is 0 Å². The second kappa shape index (κ2) is 8.48. The lowest BCUT2D eigenvalue weighted by atomic mass is 10.1. The van der Waals surface area contributed by atoms with Gasteiger partial charge >= 0.3 is 0 Å². The first-order valence-corrected chi connectivity index (χ1v) is 8.05. The molecule has 0 saturated carbocycles. The van der Waals surface area contributed by atoms with E-state index >= 15 is 0 Å². The van der Waals surface area contributed by atoms with Crippen LogP contribution in [0.5, 0.6) is 11.5 Å². The Morgan fingerprint density at radius 2 is 1.74 bits per heavy atom. The second-order valence-electron chi connectivity index (χ2n) is 5.94. The summed E-state index contributed by atoms with van der Waals surface area (Å²) in [5.41, 5.74) is 0.625. The maximum absolute atomic E-state index is 13.6. The van der Waals surface area contributed by atoms with E-state index in [4.69, 9.17) is 9.47 Å². The summed E-state index contributed by atoms with van der Waals surface area (Å²) in [6, 6.07) is 7.40. The third-order valence-electron chi connectivity index (χ3n) is 3.67. The van der Waals surface area contributed by atoms with Crippen molar-refractivity contribution in [2.45, 2.75) is 13.0 Å². The summed E-state index contributed by atoms with van der Waals surface area (Å²) in [4.78, 5) is 25.9. The van der Waals surface area contributed by atoms with E-state index in [1.165, 1.54) is 25.0 Å². The molecule has 1 unspecified atom stereocenters. The number of halogens is 2. The van der Waals surface area contributed by atoms with Gasteiger partial charge in [-0.05, 0) is 37.3 Å². The smallest absolute Gasteiger partial charge is 0.265 e. The molecule has 0 aliphatic carbocycles.